The molecule has 0 aliphatic rings. The van der Waals surface area contributed by atoms with Gasteiger partial charge in [0, 0.05) is 19.0 Å². The number of ether oxygens (including phenoxy) is 1. The van der Waals surface area contributed by atoms with Crippen LogP contribution >= 0.6 is 0 Å². The fourth-order valence-electron chi connectivity index (χ4n) is 2.66. The van der Waals surface area contributed by atoms with Crippen LogP contribution in [0, 0.1) is 0 Å². The van der Waals surface area contributed by atoms with E-state index in [9.17, 15) is 0 Å². The van der Waals surface area contributed by atoms with Gasteiger partial charge in [0.1, 0.15) is 12.4 Å². The van der Waals surface area contributed by atoms with E-state index in [0.717, 1.165) is 18.7 Å². The molecular formula is C19H26N2O. The topological polar surface area (TPSA) is 38.5 Å². The second-order valence-corrected chi connectivity index (χ2v) is 5.86. The van der Waals surface area contributed by atoms with Crippen molar-refractivity contribution in [1.29, 1.82) is 0 Å². The van der Waals surface area contributed by atoms with Gasteiger partial charge in [0.2, 0.25) is 0 Å². The van der Waals surface area contributed by atoms with E-state index in [2.05, 4.69) is 67.5 Å². The van der Waals surface area contributed by atoms with Crippen LogP contribution in [0.1, 0.15) is 17.0 Å². The SMILES string of the molecule is CN(C)CC(Cc1ccccc1)c1cccc(OCCN)c1. The molecule has 0 aliphatic carbocycles. The number of nitrogens with two attached hydrogens (primary N) is 1. The monoisotopic (exact) mass is 298 g/mol. The van der Waals surface area contributed by atoms with E-state index in [1.807, 2.05) is 6.07 Å². The van der Waals surface area contributed by atoms with Crippen LogP contribution in [0.5, 0.6) is 5.75 Å². The van der Waals surface area contributed by atoms with Gasteiger partial charge >= 0.3 is 0 Å². The summed E-state index contributed by atoms with van der Waals surface area (Å²) in [6.07, 6.45) is 1.03. The number of hydrogen-bond acceptors (Lipinski definition) is 3. The normalized spacial score (nSPS) is 12.4. The van der Waals surface area contributed by atoms with E-state index in [0.29, 0.717) is 19.1 Å². The molecule has 2 aromatic carbocycles. The standard InChI is InChI=1S/C19H26N2O/c1-21(2)15-18(13-16-7-4-3-5-8-16)17-9-6-10-19(14-17)22-12-11-20/h3-10,14,18H,11-13,15,20H2,1-2H3. The van der Waals surface area contributed by atoms with Crippen LogP contribution in [-0.2, 0) is 6.42 Å². The van der Waals surface area contributed by atoms with E-state index >= 15 is 0 Å². The lowest BCUT2D eigenvalue weighted by Gasteiger charge is -2.22. The molecule has 0 aliphatic heterocycles. The molecule has 0 saturated heterocycles. The van der Waals surface area contributed by atoms with E-state index < -0.39 is 0 Å². The maximum atomic E-state index is 5.66. The summed E-state index contributed by atoms with van der Waals surface area (Å²) in [6, 6.07) is 19.0. The summed E-state index contributed by atoms with van der Waals surface area (Å²) in [5.74, 6) is 1.35. The Balaban J connectivity index is 2.17. The minimum Gasteiger partial charge on any atom is -0.492 e. The highest BCUT2D eigenvalue weighted by Gasteiger charge is 2.14. The minimum atomic E-state index is 0.443. The highest BCUT2D eigenvalue weighted by molar-refractivity contribution is 5.32. The molecule has 1 unspecified atom stereocenters. The Bertz CT molecular complexity index is 554. The minimum absolute atomic E-state index is 0.443. The van der Waals surface area contributed by atoms with E-state index in [-0.39, 0.29) is 0 Å². The molecule has 3 nitrogen and oxygen atoms in total. The lowest BCUT2D eigenvalue weighted by molar-refractivity contribution is 0.326. The lowest BCUT2D eigenvalue weighted by atomic mass is 9.91. The summed E-state index contributed by atoms with van der Waals surface area (Å²) in [6.45, 7) is 2.10. The number of rotatable bonds is 8. The fourth-order valence-corrected chi connectivity index (χ4v) is 2.66. The van der Waals surface area contributed by atoms with Crippen molar-refractivity contribution in [1.82, 2.24) is 4.90 Å². The Hall–Kier alpha value is -1.84. The first-order valence-electron chi connectivity index (χ1n) is 7.80. The van der Waals surface area contributed by atoms with E-state index in [4.69, 9.17) is 10.5 Å². The molecule has 2 rings (SSSR count). The van der Waals surface area contributed by atoms with Gasteiger partial charge in [-0.2, -0.15) is 0 Å². The van der Waals surface area contributed by atoms with Gasteiger partial charge in [-0.25, -0.2) is 0 Å². The number of hydrogen-bond donors (Lipinski definition) is 1. The molecule has 3 heteroatoms. The van der Waals surface area contributed by atoms with Crippen LogP contribution < -0.4 is 10.5 Å². The molecule has 2 N–H and O–H groups in total. The molecular weight excluding hydrogens is 272 g/mol. The van der Waals surface area contributed by atoms with Gasteiger partial charge in [-0.3, -0.25) is 0 Å². The second kappa shape index (κ2) is 8.57. The summed E-state index contributed by atoms with van der Waals surface area (Å²) in [5.41, 5.74) is 8.19. The Morgan fingerprint density at radius 1 is 1.05 bits per heavy atom. The van der Waals surface area contributed by atoms with Crippen molar-refractivity contribution in [3.63, 3.8) is 0 Å². The highest BCUT2D eigenvalue weighted by Crippen LogP contribution is 2.25. The molecule has 0 spiro atoms. The highest BCUT2D eigenvalue weighted by atomic mass is 16.5. The molecule has 1 atom stereocenters. The third-order valence-electron chi connectivity index (χ3n) is 3.63. The Labute approximate surface area is 133 Å². The van der Waals surface area contributed by atoms with Gasteiger partial charge in [0.25, 0.3) is 0 Å². The zero-order chi connectivity index (χ0) is 15.8. The van der Waals surface area contributed by atoms with Crippen LogP contribution in [0.15, 0.2) is 54.6 Å². The Kier molecular flexibility index (Phi) is 6.44. The van der Waals surface area contributed by atoms with Crippen LogP contribution in [0.3, 0.4) is 0 Å². The van der Waals surface area contributed by atoms with Crippen molar-refractivity contribution in [2.24, 2.45) is 5.73 Å². The number of benzene rings is 2. The Morgan fingerprint density at radius 3 is 2.50 bits per heavy atom. The molecule has 22 heavy (non-hydrogen) atoms. The summed E-state index contributed by atoms with van der Waals surface area (Å²) < 4.78 is 5.66. The molecule has 2 aromatic rings. The first-order chi connectivity index (χ1) is 10.7. The third kappa shape index (κ3) is 5.17. The maximum absolute atomic E-state index is 5.66. The van der Waals surface area contributed by atoms with Crippen molar-refractivity contribution in [3.05, 3.63) is 65.7 Å². The predicted molar refractivity (Wildman–Crippen MR) is 92.4 cm³/mol. The molecule has 0 heterocycles. The first kappa shape index (κ1) is 16.5. The van der Waals surface area contributed by atoms with Crippen LogP contribution in [0.2, 0.25) is 0 Å². The summed E-state index contributed by atoms with van der Waals surface area (Å²) in [7, 11) is 4.24. The number of likely N-dealkylation sites (N-methyl/N-ethyl adjacent to an activating group) is 1. The second-order valence-electron chi connectivity index (χ2n) is 5.86. The summed E-state index contributed by atoms with van der Waals surface area (Å²) in [5, 5.41) is 0. The van der Waals surface area contributed by atoms with E-state index in [1.54, 1.807) is 0 Å². The molecule has 0 bridgehead atoms. The molecule has 0 aromatic heterocycles. The molecule has 118 valence electrons. The molecule has 0 radical (unpaired) electrons. The van der Waals surface area contributed by atoms with Gasteiger partial charge in [0.05, 0.1) is 0 Å². The molecule has 0 saturated carbocycles. The zero-order valence-electron chi connectivity index (χ0n) is 13.5. The largest absolute Gasteiger partial charge is 0.492 e. The van der Waals surface area contributed by atoms with Crippen molar-refractivity contribution < 1.29 is 4.74 Å². The summed E-state index contributed by atoms with van der Waals surface area (Å²) in [4.78, 5) is 2.24. The van der Waals surface area contributed by atoms with Gasteiger partial charge < -0.3 is 15.4 Å². The van der Waals surface area contributed by atoms with Crippen LogP contribution in [-0.4, -0.2) is 38.7 Å². The average Bonchev–Trinajstić information content (AvgIpc) is 2.53. The zero-order valence-corrected chi connectivity index (χ0v) is 13.5. The van der Waals surface area contributed by atoms with Gasteiger partial charge in [-0.1, -0.05) is 42.5 Å². The predicted octanol–water partition coefficient (Wildman–Crippen LogP) is 2.91. The van der Waals surface area contributed by atoms with Crippen LogP contribution in [0.4, 0.5) is 0 Å². The maximum Gasteiger partial charge on any atom is 0.119 e. The average molecular weight is 298 g/mol. The van der Waals surface area contributed by atoms with Gasteiger partial charge in [-0.05, 0) is 43.8 Å². The molecule has 0 amide bonds. The van der Waals surface area contributed by atoms with Crippen LogP contribution in [0.25, 0.3) is 0 Å². The van der Waals surface area contributed by atoms with Crippen molar-refractivity contribution >= 4 is 0 Å². The van der Waals surface area contributed by atoms with Crippen molar-refractivity contribution in [2.45, 2.75) is 12.3 Å². The lowest BCUT2D eigenvalue weighted by Crippen LogP contribution is -2.22. The smallest absolute Gasteiger partial charge is 0.119 e. The first-order valence-corrected chi connectivity index (χ1v) is 7.80. The fraction of sp³-hybridized carbons (Fsp3) is 0.368. The van der Waals surface area contributed by atoms with E-state index in [1.165, 1.54) is 11.1 Å². The van der Waals surface area contributed by atoms with Gasteiger partial charge in [-0.15, -0.1) is 0 Å². The van der Waals surface area contributed by atoms with Gasteiger partial charge in [0.15, 0.2) is 0 Å². The molecule has 0 fully saturated rings. The Morgan fingerprint density at radius 2 is 1.82 bits per heavy atom. The quantitative estimate of drug-likeness (QED) is 0.814. The number of nitrogens with zero attached hydrogens (tertiary/aromatic N) is 1. The summed E-state index contributed by atoms with van der Waals surface area (Å²) >= 11 is 0. The van der Waals surface area contributed by atoms with Crippen molar-refractivity contribution in [3.8, 4) is 5.75 Å². The van der Waals surface area contributed by atoms with Crippen molar-refractivity contribution in [2.75, 3.05) is 33.8 Å². The third-order valence-corrected chi connectivity index (χ3v) is 3.63.